The number of hydrogen-bond acceptors (Lipinski definition) is 2. The van der Waals surface area contributed by atoms with Gasteiger partial charge in [0.25, 0.3) is 0 Å². The SMILES string of the molecule is Cc1ccc(N)c(NC(=O)N2CCCCC2)c1. The quantitative estimate of drug-likeness (QED) is 0.732. The Morgan fingerprint density at radius 2 is 2.00 bits per heavy atom. The molecular formula is C13H19N3O. The van der Waals surface area contributed by atoms with E-state index in [2.05, 4.69) is 5.32 Å². The predicted molar refractivity (Wildman–Crippen MR) is 70.0 cm³/mol. The van der Waals surface area contributed by atoms with Gasteiger partial charge in [0.05, 0.1) is 11.4 Å². The molecule has 1 heterocycles. The summed E-state index contributed by atoms with van der Waals surface area (Å²) in [5.41, 5.74) is 8.25. The molecule has 2 rings (SSSR count). The molecule has 0 unspecified atom stereocenters. The monoisotopic (exact) mass is 233 g/mol. The molecule has 0 aromatic heterocycles. The Hall–Kier alpha value is -1.71. The maximum absolute atomic E-state index is 12.0. The molecule has 1 saturated heterocycles. The van der Waals surface area contributed by atoms with Gasteiger partial charge in [-0.25, -0.2) is 4.79 Å². The van der Waals surface area contributed by atoms with Gasteiger partial charge in [-0.3, -0.25) is 0 Å². The molecule has 0 saturated carbocycles. The van der Waals surface area contributed by atoms with Crippen molar-refractivity contribution in [2.24, 2.45) is 0 Å². The molecule has 0 radical (unpaired) electrons. The zero-order valence-electron chi connectivity index (χ0n) is 10.2. The first-order valence-corrected chi connectivity index (χ1v) is 6.09. The molecule has 1 fully saturated rings. The Balaban J connectivity index is 2.04. The normalized spacial score (nSPS) is 15.7. The van der Waals surface area contributed by atoms with E-state index in [0.29, 0.717) is 11.4 Å². The van der Waals surface area contributed by atoms with Crippen molar-refractivity contribution in [3.8, 4) is 0 Å². The van der Waals surface area contributed by atoms with E-state index < -0.39 is 0 Å². The van der Waals surface area contributed by atoms with Gasteiger partial charge in [0.15, 0.2) is 0 Å². The van der Waals surface area contributed by atoms with Gasteiger partial charge in [0.2, 0.25) is 0 Å². The summed E-state index contributed by atoms with van der Waals surface area (Å²) in [6, 6.07) is 5.62. The molecule has 1 aromatic carbocycles. The lowest BCUT2D eigenvalue weighted by atomic mass is 10.1. The van der Waals surface area contributed by atoms with E-state index in [0.717, 1.165) is 31.5 Å². The zero-order chi connectivity index (χ0) is 12.3. The molecular weight excluding hydrogens is 214 g/mol. The minimum Gasteiger partial charge on any atom is -0.397 e. The predicted octanol–water partition coefficient (Wildman–Crippen LogP) is 2.60. The lowest BCUT2D eigenvalue weighted by Crippen LogP contribution is -2.38. The number of amides is 2. The number of nitrogens with one attached hydrogen (secondary N) is 1. The summed E-state index contributed by atoms with van der Waals surface area (Å²) < 4.78 is 0. The van der Waals surface area contributed by atoms with Gasteiger partial charge < -0.3 is 16.0 Å². The van der Waals surface area contributed by atoms with Crippen LogP contribution in [0.4, 0.5) is 16.2 Å². The Kier molecular flexibility index (Phi) is 3.52. The second-order valence-electron chi connectivity index (χ2n) is 4.57. The van der Waals surface area contributed by atoms with Crippen LogP contribution in [0.2, 0.25) is 0 Å². The van der Waals surface area contributed by atoms with E-state index in [-0.39, 0.29) is 6.03 Å². The molecule has 3 N–H and O–H groups in total. The van der Waals surface area contributed by atoms with Crippen LogP contribution in [0.15, 0.2) is 18.2 Å². The fraction of sp³-hybridized carbons (Fsp3) is 0.462. The molecule has 92 valence electrons. The summed E-state index contributed by atoms with van der Waals surface area (Å²) in [7, 11) is 0. The van der Waals surface area contributed by atoms with Gasteiger partial charge in [-0.2, -0.15) is 0 Å². The van der Waals surface area contributed by atoms with Crippen LogP contribution in [-0.2, 0) is 0 Å². The molecule has 4 heteroatoms. The van der Waals surface area contributed by atoms with E-state index in [1.165, 1.54) is 6.42 Å². The number of aryl methyl sites for hydroxylation is 1. The highest BCUT2D eigenvalue weighted by molar-refractivity contribution is 5.92. The Labute approximate surface area is 102 Å². The molecule has 4 nitrogen and oxygen atoms in total. The summed E-state index contributed by atoms with van der Waals surface area (Å²) in [6.45, 7) is 3.67. The molecule has 0 bridgehead atoms. The van der Waals surface area contributed by atoms with Gasteiger partial charge in [0.1, 0.15) is 0 Å². The molecule has 0 atom stereocenters. The first-order chi connectivity index (χ1) is 8.16. The number of nitrogens with zero attached hydrogens (tertiary/aromatic N) is 1. The van der Waals surface area contributed by atoms with Crippen LogP contribution in [0.3, 0.4) is 0 Å². The number of carbonyl (C=O) groups excluding carboxylic acids is 1. The second kappa shape index (κ2) is 5.08. The van der Waals surface area contributed by atoms with Crippen molar-refractivity contribution in [3.05, 3.63) is 23.8 Å². The summed E-state index contributed by atoms with van der Waals surface area (Å²) >= 11 is 0. The average Bonchev–Trinajstić information content (AvgIpc) is 2.35. The summed E-state index contributed by atoms with van der Waals surface area (Å²) in [5, 5.41) is 2.88. The van der Waals surface area contributed by atoms with Crippen LogP contribution in [0.1, 0.15) is 24.8 Å². The second-order valence-corrected chi connectivity index (χ2v) is 4.57. The van der Waals surface area contributed by atoms with Crippen LogP contribution in [0, 0.1) is 6.92 Å². The Bertz CT molecular complexity index is 411. The molecule has 1 aromatic rings. The number of carbonyl (C=O) groups is 1. The third-order valence-electron chi connectivity index (χ3n) is 3.09. The average molecular weight is 233 g/mol. The summed E-state index contributed by atoms with van der Waals surface area (Å²) in [6.07, 6.45) is 3.41. The van der Waals surface area contributed by atoms with Crippen molar-refractivity contribution in [1.29, 1.82) is 0 Å². The van der Waals surface area contributed by atoms with E-state index in [9.17, 15) is 4.79 Å². The third-order valence-corrected chi connectivity index (χ3v) is 3.09. The molecule has 1 aliphatic rings. The lowest BCUT2D eigenvalue weighted by Gasteiger charge is -2.27. The molecule has 0 aliphatic carbocycles. The zero-order valence-corrected chi connectivity index (χ0v) is 10.2. The highest BCUT2D eigenvalue weighted by Crippen LogP contribution is 2.20. The van der Waals surface area contributed by atoms with Crippen LogP contribution in [-0.4, -0.2) is 24.0 Å². The number of hydrogen-bond donors (Lipinski definition) is 2. The van der Waals surface area contributed by atoms with Crippen molar-refractivity contribution in [3.63, 3.8) is 0 Å². The lowest BCUT2D eigenvalue weighted by molar-refractivity contribution is 0.200. The number of anilines is 2. The maximum atomic E-state index is 12.0. The van der Waals surface area contributed by atoms with E-state index in [4.69, 9.17) is 5.73 Å². The van der Waals surface area contributed by atoms with Crippen LogP contribution in [0.5, 0.6) is 0 Å². The van der Waals surface area contributed by atoms with Crippen LogP contribution in [0.25, 0.3) is 0 Å². The van der Waals surface area contributed by atoms with Gasteiger partial charge in [-0.15, -0.1) is 0 Å². The number of urea groups is 1. The molecule has 1 aliphatic heterocycles. The van der Waals surface area contributed by atoms with Crippen LogP contribution >= 0.6 is 0 Å². The van der Waals surface area contributed by atoms with E-state index in [1.54, 1.807) is 0 Å². The Morgan fingerprint density at radius 1 is 1.29 bits per heavy atom. The Morgan fingerprint density at radius 3 is 2.71 bits per heavy atom. The smallest absolute Gasteiger partial charge is 0.321 e. The maximum Gasteiger partial charge on any atom is 0.321 e. The largest absolute Gasteiger partial charge is 0.397 e. The molecule has 17 heavy (non-hydrogen) atoms. The van der Waals surface area contributed by atoms with Crippen LogP contribution < -0.4 is 11.1 Å². The van der Waals surface area contributed by atoms with Crippen molar-refractivity contribution in [2.75, 3.05) is 24.1 Å². The van der Waals surface area contributed by atoms with Gasteiger partial charge in [-0.1, -0.05) is 6.07 Å². The summed E-state index contributed by atoms with van der Waals surface area (Å²) in [4.78, 5) is 13.8. The topological polar surface area (TPSA) is 58.4 Å². The van der Waals surface area contributed by atoms with Crippen molar-refractivity contribution < 1.29 is 4.79 Å². The van der Waals surface area contributed by atoms with Crippen molar-refractivity contribution in [1.82, 2.24) is 4.90 Å². The first kappa shape index (κ1) is 11.8. The van der Waals surface area contributed by atoms with Gasteiger partial charge in [0, 0.05) is 13.1 Å². The van der Waals surface area contributed by atoms with Gasteiger partial charge in [-0.05, 0) is 43.9 Å². The number of nitrogens with two attached hydrogens (primary N) is 1. The van der Waals surface area contributed by atoms with Crippen molar-refractivity contribution in [2.45, 2.75) is 26.2 Å². The van der Waals surface area contributed by atoms with Gasteiger partial charge >= 0.3 is 6.03 Å². The number of benzene rings is 1. The fourth-order valence-electron chi connectivity index (χ4n) is 2.07. The van der Waals surface area contributed by atoms with Crippen molar-refractivity contribution >= 4 is 17.4 Å². The first-order valence-electron chi connectivity index (χ1n) is 6.09. The third kappa shape index (κ3) is 2.90. The number of rotatable bonds is 1. The fourth-order valence-corrected chi connectivity index (χ4v) is 2.07. The summed E-state index contributed by atoms with van der Waals surface area (Å²) in [5.74, 6) is 0. The molecule has 0 spiro atoms. The minimum atomic E-state index is -0.0398. The van der Waals surface area contributed by atoms with E-state index >= 15 is 0 Å². The molecule has 2 amide bonds. The highest BCUT2D eigenvalue weighted by Gasteiger charge is 2.16. The number of likely N-dealkylation sites (tertiary alicyclic amines) is 1. The highest BCUT2D eigenvalue weighted by atomic mass is 16.2. The number of nitrogen functional groups attached to an aromatic ring is 1. The number of piperidine rings is 1. The standard InChI is InChI=1S/C13H19N3O/c1-10-5-6-11(14)12(9-10)15-13(17)16-7-3-2-4-8-16/h5-6,9H,2-4,7-8,14H2,1H3,(H,15,17). The minimum absolute atomic E-state index is 0.0398. The van der Waals surface area contributed by atoms with E-state index in [1.807, 2.05) is 30.0 Å².